The topological polar surface area (TPSA) is 71.6 Å². The number of morpholine rings is 1. The Bertz CT molecular complexity index is 226. The number of ether oxygens (including phenoxy) is 2. The van der Waals surface area contributed by atoms with E-state index in [9.17, 15) is 4.79 Å². The summed E-state index contributed by atoms with van der Waals surface area (Å²) in [5.41, 5.74) is 0. The molecule has 1 amide bonds. The lowest BCUT2D eigenvalue weighted by Gasteiger charge is -2.29. The fourth-order valence-corrected chi connectivity index (χ4v) is 1.71. The number of methoxy groups -OCH3 is 1. The fourth-order valence-electron chi connectivity index (χ4n) is 1.71. The molecule has 0 bridgehead atoms. The summed E-state index contributed by atoms with van der Waals surface area (Å²) in [5.74, 6) is 0.00532. The molecule has 0 aromatic rings. The molecule has 0 unspecified atom stereocenters. The molecule has 0 spiro atoms. The van der Waals surface area contributed by atoms with Crippen molar-refractivity contribution in [2.75, 3.05) is 46.5 Å². The van der Waals surface area contributed by atoms with Crippen molar-refractivity contribution in [3.8, 4) is 0 Å². The summed E-state index contributed by atoms with van der Waals surface area (Å²) >= 11 is 0. The quantitative estimate of drug-likeness (QED) is 0.487. The Kier molecular flexibility index (Phi) is 7.11. The Morgan fingerprint density at radius 1 is 1.47 bits per heavy atom. The van der Waals surface area contributed by atoms with Crippen molar-refractivity contribution in [1.82, 2.24) is 16.0 Å². The summed E-state index contributed by atoms with van der Waals surface area (Å²) < 4.78 is 10.3. The van der Waals surface area contributed by atoms with Crippen LogP contribution in [0.1, 0.15) is 6.92 Å². The second kappa shape index (κ2) is 8.41. The van der Waals surface area contributed by atoms with Gasteiger partial charge in [-0.05, 0) is 6.92 Å². The van der Waals surface area contributed by atoms with Crippen LogP contribution in [0.5, 0.6) is 0 Å². The predicted octanol–water partition coefficient (Wildman–Crippen LogP) is -1.28. The van der Waals surface area contributed by atoms with Crippen LogP contribution in [0.4, 0.5) is 0 Å². The van der Waals surface area contributed by atoms with Crippen molar-refractivity contribution in [2.24, 2.45) is 0 Å². The van der Waals surface area contributed by atoms with Crippen LogP contribution in [-0.4, -0.2) is 64.6 Å². The van der Waals surface area contributed by atoms with E-state index in [1.165, 1.54) is 0 Å². The Hall–Kier alpha value is -0.690. The van der Waals surface area contributed by atoms with Gasteiger partial charge in [0.05, 0.1) is 19.3 Å². The van der Waals surface area contributed by atoms with E-state index in [2.05, 4.69) is 16.0 Å². The summed E-state index contributed by atoms with van der Waals surface area (Å²) in [6.45, 7) is 6.16. The highest BCUT2D eigenvalue weighted by molar-refractivity contribution is 5.82. The van der Waals surface area contributed by atoms with Gasteiger partial charge in [0.25, 0.3) is 0 Å². The lowest BCUT2D eigenvalue weighted by atomic mass is 10.1. The predicted molar refractivity (Wildman–Crippen MR) is 65.0 cm³/mol. The largest absolute Gasteiger partial charge is 0.383 e. The summed E-state index contributed by atoms with van der Waals surface area (Å²) in [5, 5.41) is 9.19. The SMILES string of the molecule is COCCNCCNC(=O)[C@H]1NCCO[C@@H]1C. The minimum atomic E-state index is -0.234. The Morgan fingerprint density at radius 3 is 3.00 bits per heavy atom. The van der Waals surface area contributed by atoms with Crippen molar-refractivity contribution in [1.29, 1.82) is 0 Å². The standard InChI is InChI=1S/C11H23N3O3/c1-9-10(13-6-8-17-9)11(15)14-4-3-12-5-7-16-2/h9-10,12-13H,3-8H2,1-2H3,(H,14,15)/t9-,10+/m1/s1. The minimum Gasteiger partial charge on any atom is -0.383 e. The Balaban J connectivity index is 2.07. The van der Waals surface area contributed by atoms with Crippen LogP contribution in [0.3, 0.4) is 0 Å². The molecule has 1 fully saturated rings. The number of carbonyl (C=O) groups excluding carboxylic acids is 1. The maximum Gasteiger partial charge on any atom is 0.239 e. The molecule has 6 heteroatoms. The first-order valence-corrected chi connectivity index (χ1v) is 6.08. The molecule has 1 aliphatic heterocycles. The van der Waals surface area contributed by atoms with Crippen molar-refractivity contribution in [2.45, 2.75) is 19.1 Å². The van der Waals surface area contributed by atoms with Gasteiger partial charge in [0.15, 0.2) is 0 Å². The van der Waals surface area contributed by atoms with Gasteiger partial charge >= 0.3 is 0 Å². The maximum absolute atomic E-state index is 11.8. The number of rotatable bonds is 7. The van der Waals surface area contributed by atoms with Crippen LogP contribution in [0.15, 0.2) is 0 Å². The number of hydrogen-bond acceptors (Lipinski definition) is 5. The zero-order valence-electron chi connectivity index (χ0n) is 10.6. The highest BCUT2D eigenvalue weighted by Crippen LogP contribution is 2.03. The van der Waals surface area contributed by atoms with Gasteiger partial charge in [-0.15, -0.1) is 0 Å². The third-order valence-electron chi connectivity index (χ3n) is 2.68. The molecule has 1 rings (SSSR count). The lowest BCUT2D eigenvalue weighted by Crippen LogP contribution is -2.56. The molecule has 0 aromatic carbocycles. The average Bonchev–Trinajstić information content (AvgIpc) is 2.34. The highest BCUT2D eigenvalue weighted by atomic mass is 16.5. The van der Waals surface area contributed by atoms with Crippen molar-refractivity contribution in [3.63, 3.8) is 0 Å². The van der Waals surface area contributed by atoms with Crippen LogP contribution in [-0.2, 0) is 14.3 Å². The maximum atomic E-state index is 11.8. The first kappa shape index (κ1) is 14.4. The van der Waals surface area contributed by atoms with Crippen LogP contribution in [0.25, 0.3) is 0 Å². The van der Waals surface area contributed by atoms with Gasteiger partial charge in [-0.1, -0.05) is 0 Å². The molecule has 6 nitrogen and oxygen atoms in total. The van der Waals surface area contributed by atoms with E-state index in [4.69, 9.17) is 9.47 Å². The molecule has 100 valence electrons. The van der Waals surface area contributed by atoms with Gasteiger partial charge < -0.3 is 25.4 Å². The van der Waals surface area contributed by atoms with E-state index in [1.807, 2.05) is 6.92 Å². The van der Waals surface area contributed by atoms with Gasteiger partial charge in [0.1, 0.15) is 6.04 Å². The third-order valence-corrected chi connectivity index (χ3v) is 2.68. The molecule has 1 heterocycles. The number of carbonyl (C=O) groups is 1. The molecule has 0 saturated carbocycles. The van der Waals surface area contributed by atoms with Crippen LogP contribution in [0.2, 0.25) is 0 Å². The van der Waals surface area contributed by atoms with Gasteiger partial charge in [0.2, 0.25) is 5.91 Å². The van der Waals surface area contributed by atoms with Crippen LogP contribution < -0.4 is 16.0 Å². The Labute approximate surface area is 102 Å². The summed E-state index contributed by atoms with van der Waals surface area (Å²) in [7, 11) is 1.67. The first-order valence-electron chi connectivity index (χ1n) is 6.08. The van der Waals surface area contributed by atoms with E-state index in [1.54, 1.807) is 7.11 Å². The summed E-state index contributed by atoms with van der Waals surface area (Å²) in [6, 6.07) is -0.234. The molecule has 2 atom stereocenters. The zero-order chi connectivity index (χ0) is 12.5. The van der Waals surface area contributed by atoms with Crippen LogP contribution in [0, 0.1) is 0 Å². The van der Waals surface area contributed by atoms with E-state index in [0.29, 0.717) is 19.8 Å². The summed E-state index contributed by atoms with van der Waals surface area (Å²) in [4.78, 5) is 11.8. The van der Waals surface area contributed by atoms with E-state index in [0.717, 1.165) is 19.6 Å². The molecule has 1 saturated heterocycles. The number of hydrogen-bond donors (Lipinski definition) is 3. The molecule has 1 aliphatic rings. The third kappa shape index (κ3) is 5.45. The van der Waals surface area contributed by atoms with E-state index in [-0.39, 0.29) is 18.1 Å². The van der Waals surface area contributed by atoms with E-state index < -0.39 is 0 Å². The minimum absolute atomic E-state index is 0.00532. The molecule has 0 aliphatic carbocycles. The molecule has 0 aromatic heterocycles. The number of amides is 1. The van der Waals surface area contributed by atoms with Gasteiger partial charge in [0, 0.05) is 33.3 Å². The van der Waals surface area contributed by atoms with Crippen molar-refractivity contribution in [3.05, 3.63) is 0 Å². The first-order chi connectivity index (χ1) is 8.25. The summed E-state index contributed by atoms with van der Waals surface area (Å²) in [6.07, 6.45) is -0.0646. The van der Waals surface area contributed by atoms with Gasteiger partial charge in [-0.2, -0.15) is 0 Å². The normalized spacial score (nSPS) is 24.6. The zero-order valence-corrected chi connectivity index (χ0v) is 10.6. The van der Waals surface area contributed by atoms with Crippen molar-refractivity contribution < 1.29 is 14.3 Å². The van der Waals surface area contributed by atoms with Crippen LogP contribution >= 0.6 is 0 Å². The fraction of sp³-hybridized carbons (Fsp3) is 0.909. The lowest BCUT2D eigenvalue weighted by molar-refractivity contribution is -0.128. The molecule has 3 N–H and O–H groups in total. The van der Waals surface area contributed by atoms with E-state index >= 15 is 0 Å². The molecular weight excluding hydrogens is 222 g/mol. The van der Waals surface area contributed by atoms with Crippen molar-refractivity contribution >= 4 is 5.91 Å². The second-order valence-electron chi connectivity index (χ2n) is 4.04. The monoisotopic (exact) mass is 245 g/mol. The number of nitrogens with one attached hydrogen (secondary N) is 3. The molecule has 0 radical (unpaired) electrons. The smallest absolute Gasteiger partial charge is 0.239 e. The highest BCUT2D eigenvalue weighted by Gasteiger charge is 2.27. The Morgan fingerprint density at radius 2 is 2.29 bits per heavy atom. The molecule has 17 heavy (non-hydrogen) atoms. The molecular formula is C11H23N3O3. The van der Waals surface area contributed by atoms with Gasteiger partial charge in [-0.25, -0.2) is 0 Å². The second-order valence-corrected chi connectivity index (χ2v) is 4.04. The van der Waals surface area contributed by atoms with Gasteiger partial charge in [-0.3, -0.25) is 4.79 Å². The average molecular weight is 245 g/mol.